The molecule has 1 aromatic heterocycles. The summed E-state index contributed by atoms with van der Waals surface area (Å²) in [5.41, 5.74) is -0.660. The van der Waals surface area contributed by atoms with Gasteiger partial charge in [0.2, 0.25) is 23.0 Å². The van der Waals surface area contributed by atoms with Gasteiger partial charge in [-0.2, -0.15) is 0 Å². The number of aromatic hydroxyl groups is 4. The third kappa shape index (κ3) is 2.69. The fourth-order valence-corrected chi connectivity index (χ4v) is 2.73. The van der Waals surface area contributed by atoms with Crippen LogP contribution in [0.4, 0.5) is 0 Å². The van der Waals surface area contributed by atoms with E-state index in [1.54, 1.807) is 0 Å². The summed E-state index contributed by atoms with van der Waals surface area (Å²) in [5, 5.41) is 39.8. The van der Waals surface area contributed by atoms with Gasteiger partial charge in [-0.15, -0.1) is 0 Å². The molecule has 0 atom stereocenters. The highest BCUT2D eigenvalue weighted by molar-refractivity contribution is 5.95. The van der Waals surface area contributed by atoms with E-state index in [-0.39, 0.29) is 39.5 Å². The molecule has 3 aromatic rings. The van der Waals surface area contributed by atoms with Gasteiger partial charge in [0.05, 0.1) is 21.3 Å². The average molecular weight is 376 g/mol. The van der Waals surface area contributed by atoms with Gasteiger partial charge in [0, 0.05) is 11.6 Å². The molecule has 2 aromatic carbocycles. The highest BCUT2D eigenvalue weighted by atomic mass is 16.5. The number of phenols is 4. The Morgan fingerprint density at radius 2 is 1.48 bits per heavy atom. The molecule has 0 saturated heterocycles. The first-order chi connectivity index (χ1) is 12.8. The van der Waals surface area contributed by atoms with E-state index in [1.807, 2.05) is 0 Å². The molecule has 9 heteroatoms. The molecule has 0 amide bonds. The molecule has 27 heavy (non-hydrogen) atoms. The quantitative estimate of drug-likeness (QED) is 0.505. The van der Waals surface area contributed by atoms with Crippen LogP contribution in [0.2, 0.25) is 0 Å². The fourth-order valence-electron chi connectivity index (χ4n) is 2.73. The number of rotatable bonds is 4. The van der Waals surface area contributed by atoms with Gasteiger partial charge in [0.1, 0.15) is 11.1 Å². The Morgan fingerprint density at radius 1 is 0.815 bits per heavy atom. The number of ether oxygens (including phenoxy) is 3. The third-order valence-electron chi connectivity index (χ3n) is 4.00. The Kier molecular flexibility index (Phi) is 4.36. The number of hydrogen-bond acceptors (Lipinski definition) is 9. The second-order valence-corrected chi connectivity index (χ2v) is 5.49. The molecule has 0 saturated carbocycles. The lowest BCUT2D eigenvalue weighted by molar-refractivity contribution is 0.323. The van der Waals surface area contributed by atoms with Crippen LogP contribution in [0.1, 0.15) is 0 Å². The van der Waals surface area contributed by atoms with E-state index in [9.17, 15) is 25.2 Å². The Labute approximate surface area is 152 Å². The smallest absolute Gasteiger partial charge is 0.208 e. The number of benzene rings is 2. The van der Waals surface area contributed by atoms with Crippen molar-refractivity contribution in [1.82, 2.24) is 0 Å². The van der Waals surface area contributed by atoms with Crippen molar-refractivity contribution in [3.8, 4) is 51.6 Å². The van der Waals surface area contributed by atoms with E-state index < -0.39 is 28.4 Å². The molecule has 0 fully saturated rings. The standard InChI is InChI=1S/C18H16O9/c1-24-11-5-7(4-9(20)13(11)21)10-6-8(19)12-14(22)17(25-2)15(23)18(26-3)16(12)27-10/h4-6,20-23H,1-3H3. The van der Waals surface area contributed by atoms with Gasteiger partial charge in [0.25, 0.3) is 0 Å². The van der Waals surface area contributed by atoms with Crippen LogP contribution in [-0.4, -0.2) is 41.8 Å². The van der Waals surface area contributed by atoms with E-state index in [1.165, 1.54) is 27.4 Å². The second-order valence-electron chi connectivity index (χ2n) is 5.49. The number of hydrogen-bond donors (Lipinski definition) is 4. The molecular formula is C18H16O9. The van der Waals surface area contributed by atoms with E-state index in [4.69, 9.17) is 18.6 Å². The van der Waals surface area contributed by atoms with E-state index in [0.29, 0.717) is 0 Å². The van der Waals surface area contributed by atoms with Crippen molar-refractivity contribution in [2.45, 2.75) is 0 Å². The molecule has 0 spiro atoms. The minimum absolute atomic E-state index is 0.0247. The maximum absolute atomic E-state index is 12.6. The summed E-state index contributed by atoms with van der Waals surface area (Å²) in [5.74, 6) is -2.71. The third-order valence-corrected chi connectivity index (χ3v) is 4.00. The van der Waals surface area contributed by atoms with Gasteiger partial charge in [-0.25, -0.2) is 0 Å². The van der Waals surface area contributed by atoms with E-state index >= 15 is 0 Å². The summed E-state index contributed by atoms with van der Waals surface area (Å²) < 4.78 is 20.6. The minimum atomic E-state index is -0.646. The van der Waals surface area contributed by atoms with Gasteiger partial charge < -0.3 is 39.1 Å². The Balaban J connectivity index is 2.39. The molecule has 0 radical (unpaired) electrons. The molecule has 0 bridgehead atoms. The van der Waals surface area contributed by atoms with E-state index in [2.05, 4.69) is 0 Å². The van der Waals surface area contributed by atoms with Crippen molar-refractivity contribution in [2.75, 3.05) is 21.3 Å². The van der Waals surface area contributed by atoms with Crippen LogP contribution in [0, 0.1) is 0 Å². The lowest BCUT2D eigenvalue weighted by Crippen LogP contribution is -2.03. The van der Waals surface area contributed by atoms with Crippen LogP contribution >= 0.6 is 0 Å². The van der Waals surface area contributed by atoms with Gasteiger partial charge in [0.15, 0.2) is 28.3 Å². The van der Waals surface area contributed by atoms with Gasteiger partial charge in [-0.05, 0) is 12.1 Å². The molecule has 3 rings (SSSR count). The summed E-state index contributed by atoms with van der Waals surface area (Å²) >= 11 is 0. The maximum Gasteiger partial charge on any atom is 0.208 e. The molecular weight excluding hydrogens is 360 g/mol. The highest BCUT2D eigenvalue weighted by Gasteiger charge is 2.25. The van der Waals surface area contributed by atoms with Crippen LogP contribution < -0.4 is 19.6 Å². The Morgan fingerprint density at radius 3 is 2.07 bits per heavy atom. The lowest BCUT2D eigenvalue weighted by Gasteiger charge is -2.14. The Bertz CT molecular complexity index is 1100. The van der Waals surface area contributed by atoms with Crippen molar-refractivity contribution >= 4 is 11.0 Å². The number of fused-ring (bicyclic) bond motifs is 1. The molecule has 0 aliphatic rings. The highest BCUT2D eigenvalue weighted by Crippen LogP contribution is 2.49. The topological polar surface area (TPSA) is 139 Å². The summed E-state index contributed by atoms with van der Waals surface area (Å²) in [6.45, 7) is 0. The zero-order valence-electron chi connectivity index (χ0n) is 14.6. The van der Waals surface area contributed by atoms with Crippen molar-refractivity contribution in [3.05, 3.63) is 28.4 Å². The molecule has 0 unspecified atom stereocenters. The van der Waals surface area contributed by atoms with Crippen LogP contribution in [0.15, 0.2) is 27.4 Å². The van der Waals surface area contributed by atoms with Crippen molar-refractivity contribution in [3.63, 3.8) is 0 Å². The summed E-state index contributed by atoms with van der Waals surface area (Å²) in [6, 6.07) is 3.58. The monoisotopic (exact) mass is 376 g/mol. The van der Waals surface area contributed by atoms with Crippen molar-refractivity contribution < 1.29 is 39.1 Å². The molecule has 4 N–H and O–H groups in total. The van der Waals surface area contributed by atoms with Crippen molar-refractivity contribution in [2.24, 2.45) is 0 Å². The first-order valence-electron chi connectivity index (χ1n) is 7.58. The van der Waals surface area contributed by atoms with Gasteiger partial charge in [-0.3, -0.25) is 4.79 Å². The first kappa shape index (κ1) is 18.1. The first-order valence-corrected chi connectivity index (χ1v) is 7.58. The predicted octanol–water partition coefficient (Wildman–Crippen LogP) is 2.31. The van der Waals surface area contributed by atoms with Crippen LogP contribution in [0.5, 0.6) is 40.2 Å². The summed E-state index contributed by atoms with van der Waals surface area (Å²) in [6.07, 6.45) is 0. The maximum atomic E-state index is 12.6. The SMILES string of the molecule is COc1cc(-c2cc(=O)c3c(O)c(OC)c(O)c(OC)c3o2)cc(O)c1O. The van der Waals surface area contributed by atoms with Gasteiger partial charge in [-0.1, -0.05) is 0 Å². The van der Waals surface area contributed by atoms with Gasteiger partial charge >= 0.3 is 0 Å². The average Bonchev–Trinajstić information content (AvgIpc) is 2.64. The molecule has 0 aliphatic carbocycles. The van der Waals surface area contributed by atoms with Crippen molar-refractivity contribution in [1.29, 1.82) is 0 Å². The second kappa shape index (κ2) is 6.52. The predicted molar refractivity (Wildman–Crippen MR) is 94.2 cm³/mol. The minimum Gasteiger partial charge on any atom is -0.504 e. The zero-order valence-corrected chi connectivity index (χ0v) is 14.6. The zero-order chi connectivity index (χ0) is 19.9. The number of phenolic OH excluding ortho intramolecular Hbond substituents is 4. The molecule has 9 nitrogen and oxygen atoms in total. The van der Waals surface area contributed by atoms with E-state index in [0.717, 1.165) is 12.1 Å². The molecule has 0 aliphatic heterocycles. The van der Waals surface area contributed by atoms with Crippen LogP contribution in [0.25, 0.3) is 22.3 Å². The number of methoxy groups -OCH3 is 3. The van der Waals surface area contributed by atoms with Crippen LogP contribution in [0.3, 0.4) is 0 Å². The normalized spacial score (nSPS) is 10.8. The lowest BCUT2D eigenvalue weighted by atomic mass is 10.1. The molecule has 142 valence electrons. The van der Waals surface area contributed by atoms with Crippen LogP contribution in [-0.2, 0) is 0 Å². The fraction of sp³-hybridized carbons (Fsp3) is 0.167. The summed E-state index contributed by atoms with van der Waals surface area (Å²) in [7, 11) is 3.74. The molecule has 1 heterocycles. The summed E-state index contributed by atoms with van der Waals surface area (Å²) in [4.78, 5) is 12.6. The largest absolute Gasteiger partial charge is 0.504 e. The Hall–Kier alpha value is -3.75.